The topological polar surface area (TPSA) is 97.4 Å². The smallest absolute Gasteiger partial charge is 0.272 e. The molecule has 3 aliphatic heterocycles. The van der Waals surface area contributed by atoms with Gasteiger partial charge in [0.1, 0.15) is 11.9 Å². The maximum absolute atomic E-state index is 13.9. The Kier molecular flexibility index (Phi) is 11.3. The van der Waals surface area contributed by atoms with Crippen LogP contribution in [0.15, 0.2) is 58.5 Å². The summed E-state index contributed by atoms with van der Waals surface area (Å²) in [5, 5.41) is 0.728. The van der Waals surface area contributed by atoms with Gasteiger partial charge in [0.25, 0.3) is 21.9 Å². The van der Waals surface area contributed by atoms with E-state index in [0.29, 0.717) is 43.5 Å². The van der Waals surface area contributed by atoms with Crippen LogP contribution in [0.5, 0.6) is 5.75 Å². The van der Waals surface area contributed by atoms with Gasteiger partial charge in [0, 0.05) is 37.2 Å². The van der Waals surface area contributed by atoms with E-state index >= 15 is 0 Å². The van der Waals surface area contributed by atoms with E-state index in [1.165, 1.54) is 6.07 Å². The second-order valence-corrected chi connectivity index (χ2v) is 17.1. The number of benzene rings is 1. The first-order chi connectivity index (χ1) is 23.8. The molecule has 1 saturated carbocycles. The Hall–Kier alpha value is -2.51. The van der Waals surface area contributed by atoms with Crippen molar-refractivity contribution >= 4 is 33.2 Å². The first kappa shape index (κ1) is 37.3. The zero-order valence-electron chi connectivity index (χ0n) is 29.2. The lowest BCUT2D eigenvalue weighted by atomic mass is 9.70. The van der Waals surface area contributed by atoms with Gasteiger partial charge < -0.3 is 19.1 Å². The van der Waals surface area contributed by atoms with Crippen LogP contribution in [-0.2, 0) is 24.3 Å². The molecule has 2 unspecified atom stereocenters. The summed E-state index contributed by atoms with van der Waals surface area (Å²) < 4.78 is 75.3. The molecule has 0 spiro atoms. The predicted octanol–water partition coefficient (Wildman–Crippen LogP) is 6.15. The molecule has 50 heavy (non-hydrogen) atoms. The molecule has 9 nitrogen and oxygen atoms in total. The fourth-order valence-electron chi connectivity index (χ4n) is 7.95. The number of allylic oxidation sites excluding steroid dienone is 4. The molecule has 0 radical (unpaired) electrons. The number of carbonyl (C=O) groups excluding carboxylic acids is 1. The van der Waals surface area contributed by atoms with Crippen molar-refractivity contribution in [3.63, 3.8) is 0 Å². The number of hydrogen-bond donors (Lipinski definition) is 1. The number of sulfonamides is 1. The molecule has 6 rings (SSSR count). The first-order valence-corrected chi connectivity index (χ1v) is 19.7. The Morgan fingerprint density at radius 1 is 1.16 bits per heavy atom. The number of hydrogen-bond acceptors (Lipinski definition) is 8. The Morgan fingerprint density at radius 2 is 1.96 bits per heavy atom. The zero-order chi connectivity index (χ0) is 35.7. The van der Waals surface area contributed by atoms with E-state index in [-0.39, 0.29) is 54.5 Å². The van der Waals surface area contributed by atoms with E-state index in [0.717, 1.165) is 37.1 Å². The van der Waals surface area contributed by atoms with Gasteiger partial charge in [0.05, 0.1) is 43.0 Å². The van der Waals surface area contributed by atoms with Gasteiger partial charge in [-0.3, -0.25) is 9.69 Å². The largest absolute Gasteiger partial charge is 0.490 e. The summed E-state index contributed by atoms with van der Waals surface area (Å²) >= 11 is 6.43. The Balaban J connectivity index is 1.32. The van der Waals surface area contributed by atoms with Gasteiger partial charge in [-0.25, -0.2) is 21.9 Å². The average Bonchev–Trinajstić information content (AvgIpc) is 3.06. The van der Waals surface area contributed by atoms with Gasteiger partial charge >= 0.3 is 0 Å². The van der Waals surface area contributed by atoms with Crippen molar-refractivity contribution in [3.05, 3.63) is 53.6 Å². The molecule has 1 amide bonds. The Labute approximate surface area is 300 Å². The molecule has 2 fully saturated rings. The van der Waals surface area contributed by atoms with Gasteiger partial charge in [0.2, 0.25) is 0 Å². The summed E-state index contributed by atoms with van der Waals surface area (Å²) in [5.74, 6) is -2.53. The van der Waals surface area contributed by atoms with E-state index in [4.69, 9.17) is 25.8 Å². The maximum Gasteiger partial charge on any atom is 0.272 e. The molecule has 1 aromatic carbocycles. The molecule has 2 aliphatic carbocycles. The highest BCUT2D eigenvalue weighted by molar-refractivity contribution is 7.90. The van der Waals surface area contributed by atoms with Crippen molar-refractivity contribution in [2.45, 2.75) is 75.4 Å². The number of alkyl halides is 2. The molecule has 3 heterocycles. The number of likely N-dealkylation sites (tertiary alicyclic amines) is 1. The minimum absolute atomic E-state index is 0.00875. The SMILES string of the molecule is CO[C@H]1/C=C/C[C@H](C)[C@@H](OCCN2CC(F)(F)C2)C(=O)NS(=O)(=O)c2ccc3c(c2)N(CCCCC2C=C(Cl)C=CC2(C)CO3)C[C@@H]2CC[C@H]21. The predicted molar refractivity (Wildman–Crippen MR) is 189 cm³/mol. The van der Waals surface area contributed by atoms with Gasteiger partial charge in [0.15, 0.2) is 0 Å². The molecule has 1 saturated heterocycles. The van der Waals surface area contributed by atoms with Crippen LogP contribution in [-0.4, -0.2) is 90.4 Å². The van der Waals surface area contributed by atoms with Crippen LogP contribution < -0.4 is 14.4 Å². The second kappa shape index (κ2) is 15.2. The Morgan fingerprint density at radius 3 is 2.68 bits per heavy atom. The highest BCUT2D eigenvalue weighted by Gasteiger charge is 2.44. The third-order valence-corrected chi connectivity index (χ3v) is 12.8. The van der Waals surface area contributed by atoms with Gasteiger partial charge in [-0.1, -0.05) is 56.2 Å². The Bertz CT molecular complexity index is 1600. The number of anilines is 1. The van der Waals surface area contributed by atoms with Gasteiger partial charge in [-0.05, 0) is 80.1 Å². The lowest BCUT2D eigenvalue weighted by molar-refractivity contribution is -0.145. The quantitative estimate of drug-likeness (QED) is 0.360. The average molecular weight is 738 g/mol. The van der Waals surface area contributed by atoms with Crippen molar-refractivity contribution in [1.29, 1.82) is 0 Å². The number of nitrogens with zero attached hydrogens (tertiary/aromatic N) is 2. The van der Waals surface area contributed by atoms with Crippen LogP contribution in [0.3, 0.4) is 0 Å². The minimum atomic E-state index is -4.31. The number of rotatable bonds is 5. The maximum atomic E-state index is 13.9. The monoisotopic (exact) mass is 737 g/mol. The molecule has 13 heteroatoms. The summed E-state index contributed by atoms with van der Waals surface area (Å²) in [7, 11) is -2.60. The minimum Gasteiger partial charge on any atom is -0.490 e. The molecule has 276 valence electrons. The number of nitrogens with one attached hydrogen (secondary N) is 1. The highest BCUT2D eigenvalue weighted by atomic mass is 35.5. The van der Waals surface area contributed by atoms with Crippen LogP contribution >= 0.6 is 11.6 Å². The van der Waals surface area contributed by atoms with Crippen molar-refractivity contribution in [1.82, 2.24) is 9.62 Å². The van der Waals surface area contributed by atoms with E-state index < -0.39 is 33.9 Å². The molecule has 1 N–H and O–H groups in total. The molecule has 0 aromatic heterocycles. The fourth-order valence-corrected chi connectivity index (χ4v) is 9.18. The van der Waals surface area contributed by atoms with E-state index in [9.17, 15) is 22.0 Å². The first-order valence-electron chi connectivity index (χ1n) is 17.8. The number of ether oxygens (including phenoxy) is 3. The molecular weight excluding hydrogens is 688 g/mol. The summed E-state index contributed by atoms with van der Waals surface area (Å²) in [6.45, 7) is 5.29. The normalized spacial score (nSPS) is 35.0. The summed E-state index contributed by atoms with van der Waals surface area (Å²) in [6, 6.07) is 4.78. The number of carbonyl (C=O) groups is 1. The van der Waals surface area contributed by atoms with Crippen LogP contribution in [0, 0.1) is 29.1 Å². The third-order valence-electron chi connectivity index (χ3n) is 11.2. The van der Waals surface area contributed by atoms with Crippen molar-refractivity contribution < 1.29 is 36.2 Å². The fraction of sp³-hybridized carbons (Fsp3) is 0.649. The summed E-state index contributed by atoms with van der Waals surface area (Å²) in [4.78, 5) is 17.4. The second-order valence-electron chi connectivity index (χ2n) is 15.0. The van der Waals surface area contributed by atoms with Gasteiger partial charge in [-0.15, -0.1) is 0 Å². The molecule has 1 aromatic rings. The van der Waals surface area contributed by atoms with Crippen LogP contribution in [0.1, 0.15) is 52.4 Å². The third kappa shape index (κ3) is 8.41. The van der Waals surface area contributed by atoms with E-state index in [2.05, 4.69) is 28.7 Å². The van der Waals surface area contributed by atoms with Crippen molar-refractivity contribution in [2.75, 3.05) is 57.9 Å². The number of halogens is 3. The van der Waals surface area contributed by atoms with E-state index in [1.54, 1.807) is 24.1 Å². The van der Waals surface area contributed by atoms with Gasteiger partial charge in [-0.2, -0.15) is 0 Å². The number of methoxy groups -OCH3 is 1. The van der Waals surface area contributed by atoms with Crippen LogP contribution in [0.25, 0.3) is 0 Å². The zero-order valence-corrected chi connectivity index (χ0v) is 30.7. The lowest BCUT2D eigenvalue weighted by Gasteiger charge is -2.43. The molecule has 7 atom stereocenters. The molecular formula is C37H50ClF2N3O6S. The summed E-state index contributed by atoms with van der Waals surface area (Å²) in [6.07, 6.45) is 14.2. The molecule has 5 aliphatic rings. The van der Waals surface area contributed by atoms with Crippen molar-refractivity contribution in [2.24, 2.45) is 29.1 Å². The molecule has 2 bridgehead atoms. The number of amides is 1. The van der Waals surface area contributed by atoms with Crippen LogP contribution in [0.2, 0.25) is 0 Å². The summed E-state index contributed by atoms with van der Waals surface area (Å²) in [5.41, 5.74) is 0.377. The lowest BCUT2D eigenvalue weighted by Crippen LogP contribution is -2.57. The highest BCUT2D eigenvalue weighted by Crippen LogP contribution is 2.44. The van der Waals surface area contributed by atoms with E-state index in [1.807, 2.05) is 25.2 Å². The standard InChI is InChI=1S/C37H50ClF2N3O6S/c1-25-7-6-9-32(47-3)30-12-10-26(30)21-43-16-5-4-8-27-19-28(38)14-15-36(27,2)24-49-33-13-11-29(20-31(33)43)50(45,46)41-35(44)34(25)48-18-17-42-22-37(39,40)23-42/h6,9,11,13-15,19-20,25-27,30,32,34H,4-5,7-8,10,12,16-18,21-24H2,1-3H3,(H,41,44)/b9-6+/t25-,26-,27?,30+,32-,34+,36?/m0/s1. The van der Waals surface area contributed by atoms with Crippen molar-refractivity contribution in [3.8, 4) is 5.75 Å². The van der Waals surface area contributed by atoms with Crippen LogP contribution in [0.4, 0.5) is 14.5 Å². The number of fused-ring (bicyclic) bond motifs is 3.